The minimum absolute atomic E-state index is 0.0180. The highest BCUT2D eigenvalue weighted by Crippen LogP contribution is 2.32. The van der Waals surface area contributed by atoms with Crippen LogP contribution >= 0.6 is 11.6 Å². The van der Waals surface area contributed by atoms with Gasteiger partial charge in [-0.15, -0.1) is 0 Å². The lowest BCUT2D eigenvalue weighted by atomic mass is 10.1. The number of anilines is 1. The van der Waals surface area contributed by atoms with Gasteiger partial charge in [0, 0.05) is 10.6 Å². The lowest BCUT2D eigenvalue weighted by Gasteiger charge is -2.24. The van der Waals surface area contributed by atoms with E-state index in [1.165, 1.54) is 30.5 Å². The van der Waals surface area contributed by atoms with E-state index in [0.29, 0.717) is 41.0 Å². The van der Waals surface area contributed by atoms with E-state index in [2.05, 4.69) is 10.5 Å². The van der Waals surface area contributed by atoms with E-state index in [-0.39, 0.29) is 4.90 Å². The van der Waals surface area contributed by atoms with E-state index in [0.717, 1.165) is 15.4 Å². The van der Waals surface area contributed by atoms with Gasteiger partial charge in [-0.25, -0.2) is 13.8 Å². The molecule has 8 nitrogen and oxygen atoms in total. The topological polar surface area (TPSA) is 97.3 Å². The predicted molar refractivity (Wildman–Crippen MR) is 135 cm³/mol. The van der Waals surface area contributed by atoms with Crippen molar-refractivity contribution in [3.8, 4) is 11.5 Å². The van der Waals surface area contributed by atoms with Crippen LogP contribution in [0.2, 0.25) is 5.02 Å². The maximum absolute atomic E-state index is 13.5. The predicted octanol–water partition coefficient (Wildman–Crippen LogP) is 4.07. The molecule has 10 heteroatoms. The molecule has 0 fully saturated rings. The molecule has 1 N–H and O–H groups in total. The molecular weight excluding hydrogens is 490 g/mol. The number of benzene rings is 3. The van der Waals surface area contributed by atoms with Gasteiger partial charge < -0.3 is 9.47 Å². The third kappa shape index (κ3) is 5.58. The highest BCUT2D eigenvalue weighted by molar-refractivity contribution is 7.92. The first-order chi connectivity index (χ1) is 16.8. The first kappa shape index (κ1) is 24.6. The molecule has 4 rings (SSSR count). The van der Waals surface area contributed by atoms with Gasteiger partial charge in [0.15, 0.2) is 11.5 Å². The average molecular weight is 514 g/mol. The fraction of sp³-hybridized carbons (Fsp3) is 0.200. The van der Waals surface area contributed by atoms with E-state index in [4.69, 9.17) is 21.1 Å². The molecule has 1 amide bonds. The summed E-state index contributed by atoms with van der Waals surface area (Å²) in [5, 5.41) is 4.40. The lowest BCUT2D eigenvalue weighted by Crippen LogP contribution is -2.39. The largest absolute Gasteiger partial charge is 0.486 e. The third-order valence-electron chi connectivity index (χ3n) is 5.46. The number of rotatable bonds is 7. The van der Waals surface area contributed by atoms with Crippen LogP contribution in [-0.2, 0) is 14.8 Å². The minimum Gasteiger partial charge on any atom is -0.486 e. The first-order valence-corrected chi connectivity index (χ1v) is 12.6. The van der Waals surface area contributed by atoms with E-state index in [1.54, 1.807) is 30.3 Å². The summed E-state index contributed by atoms with van der Waals surface area (Å²) < 4.78 is 39.2. The van der Waals surface area contributed by atoms with Gasteiger partial charge >= 0.3 is 0 Å². The monoisotopic (exact) mass is 513 g/mol. The summed E-state index contributed by atoms with van der Waals surface area (Å²) in [4.78, 5) is 12.8. The highest BCUT2D eigenvalue weighted by Gasteiger charge is 2.27. The first-order valence-electron chi connectivity index (χ1n) is 10.8. The molecule has 0 spiro atoms. The molecule has 1 aliphatic heterocycles. The summed E-state index contributed by atoms with van der Waals surface area (Å²) >= 11 is 5.93. The zero-order chi connectivity index (χ0) is 25.0. The van der Waals surface area contributed by atoms with Crippen LogP contribution in [0.25, 0.3) is 0 Å². The maximum Gasteiger partial charge on any atom is 0.264 e. The molecule has 0 aliphatic carbocycles. The SMILES string of the molecule is Cc1ccc(N(CC(=O)N/N=C\c2cccc3c2OCCO3)S(=O)(=O)c2ccc(Cl)cc2)cc1C. The number of carbonyl (C=O) groups excluding carboxylic acids is 1. The summed E-state index contributed by atoms with van der Waals surface area (Å²) in [5.74, 6) is 0.527. The molecule has 0 unspecified atom stereocenters. The van der Waals surface area contributed by atoms with Crippen molar-refractivity contribution < 1.29 is 22.7 Å². The Labute approximate surface area is 209 Å². The number of nitrogens with one attached hydrogen (secondary N) is 1. The second-order valence-corrected chi connectivity index (χ2v) is 10.2. The molecule has 0 atom stereocenters. The molecule has 1 heterocycles. The van der Waals surface area contributed by atoms with Crippen molar-refractivity contribution in [1.29, 1.82) is 0 Å². The molecule has 0 radical (unpaired) electrons. The molecule has 35 heavy (non-hydrogen) atoms. The van der Waals surface area contributed by atoms with Crippen molar-refractivity contribution in [3.63, 3.8) is 0 Å². The number of carbonyl (C=O) groups is 1. The van der Waals surface area contributed by atoms with Gasteiger partial charge in [-0.05, 0) is 73.5 Å². The number of ether oxygens (including phenoxy) is 2. The van der Waals surface area contributed by atoms with E-state index in [1.807, 2.05) is 19.9 Å². The summed E-state index contributed by atoms with van der Waals surface area (Å²) in [6.45, 7) is 4.20. The molecule has 0 bridgehead atoms. The van der Waals surface area contributed by atoms with Crippen molar-refractivity contribution in [2.45, 2.75) is 18.7 Å². The van der Waals surface area contributed by atoms with Crippen molar-refractivity contribution in [1.82, 2.24) is 5.43 Å². The number of hydrogen-bond donors (Lipinski definition) is 1. The van der Waals surface area contributed by atoms with Gasteiger partial charge in [0.25, 0.3) is 15.9 Å². The molecule has 3 aromatic carbocycles. The number of fused-ring (bicyclic) bond motifs is 1. The zero-order valence-corrected chi connectivity index (χ0v) is 20.8. The third-order valence-corrected chi connectivity index (χ3v) is 7.50. The second kappa shape index (κ2) is 10.4. The highest BCUT2D eigenvalue weighted by atomic mass is 35.5. The van der Waals surface area contributed by atoms with Crippen LogP contribution in [0.15, 0.2) is 70.7 Å². The van der Waals surface area contributed by atoms with Gasteiger partial charge in [0.1, 0.15) is 19.8 Å². The molecule has 3 aromatic rings. The second-order valence-electron chi connectivity index (χ2n) is 7.90. The lowest BCUT2D eigenvalue weighted by molar-refractivity contribution is -0.119. The van der Waals surface area contributed by atoms with Crippen LogP contribution in [0.5, 0.6) is 11.5 Å². The standard InChI is InChI=1S/C25H24ClN3O5S/c1-17-6-9-21(14-18(17)2)29(35(31,32)22-10-7-20(26)8-11-22)16-24(30)28-27-15-19-4-3-5-23-25(19)34-13-12-33-23/h3-11,14-15H,12-13,16H2,1-2H3,(H,28,30)/b27-15-. The Morgan fingerprint density at radius 1 is 1.06 bits per heavy atom. The number of hydrazone groups is 1. The number of nitrogens with zero attached hydrogens (tertiary/aromatic N) is 2. The van der Waals surface area contributed by atoms with Crippen molar-refractivity contribution in [2.75, 3.05) is 24.1 Å². The fourth-order valence-corrected chi connectivity index (χ4v) is 5.01. The maximum atomic E-state index is 13.5. The Bertz CT molecular complexity index is 1370. The zero-order valence-electron chi connectivity index (χ0n) is 19.2. The number of sulfonamides is 1. The Kier molecular flexibility index (Phi) is 7.28. The van der Waals surface area contributed by atoms with Gasteiger partial charge in [-0.2, -0.15) is 5.10 Å². The van der Waals surface area contributed by atoms with Gasteiger partial charge in [-0.3, -0.25) is 9.10 Å². The van der Waals surface area contributed by atoms with Gasteiger partial charge in [-0.1, -0.05) is 23.7 Å². The van der Waals surface area contributed by atoms with Crippen LogP contribution in [-0.4, -0.2) is 40.3 Å². The number of para-hydroxylation sites is 1. The summed E-state index contributed by atoms with van der Waals surface area (Å²) in [7, 11) is -4.06. The molecule has 1 aliphatic rings. The molecule has 0 aromatic heterocycles. The number of halogens is 1. The van der Waals surface area contributed by atoms with Crippen LogP contribution in [0, 0.1) is 13.8 Å². The van der Waals surface area contributed by atoms with E-state index < -0.39 is 22.5 Å². The Morgan fingerprint density at radius 2 is 1.80 bits per heavy atom. The smallest absolute Gasteiger partial charge is 0.264 e. The van der Waals surface area contributed by atoms with Crippen molar-refractivity contribution >= 4 is 39.4 Å². The Balaban J connectivity index is 1.57. The summed E-state index contributed by atoms with van der Waals surface area (Å²) in [5.41, 5.74) is 5.30. The van der Waals surface area contributed by atoms with Crippen molar-refractivity contribution in [3.05, 3.63) is 82.4 Å². The quantitative estimate of drug-likeness (QED) is 0.379. The fourth-order valence-electron chi connectivity index (χ4n) is 3.47. The van der Waals surface area contributed by atoms with Crippen LogP contribution in [0.1, 0.15) is 16.7 Å². The van der Waals surface area contributed by atoms with Crippen LogP contribution in [0.4, 0.5) is 5.69 Å². The van der Waals surface area contributed by atoms with Crippen LogP contribution in [0.3, 0.4) is 0 Å². The van der Waals surface area contributed by atoms with Gasteiger partial charge in [0.05, 0.1) is 16.8 Å². The molecule has 0 saturated carbocycles. The average Bonchev–Trinajstić information content (AvgIpc) is 2.85. The van der Waals surface area contributed by atoms with Crippen molar-refractivity contribution in [2.24, 2.45) is 5.10 Å². The van der Waals surface area contributed by atoms with E-state index >= 15 is 0 Å². The number of hydrogen-bond acceptors (Lipinski definition) is 6. The number of aryl methyl sites for hydroxylation is 2. The Hall–Kier alpha value is -3.56. The summed E-state index contributed by atoms with van der Waals surface area (Å²) in [6.07, 6.45) is 1.43. The molecule has 0 saturated heterocycles. The Morgan fingerprint density at radius 3 is 2.54 bits per heavy atom. The van der Waals surface area contributed by atoms with Gasteiger partial charge in [0.2, 0.25) is 0 Å². The number of amides is 1. The normalized spacial score (nSPS) is 13.0. The van der Waals surface area contributed by atoms with E-state index in [9.17, 15) is 13.2 Å². The summed E-state index contributed by atoms with van der Waals surface area (Å²) in [6, 6.07) is 16.3. The molecular formula is C25H24ClN3O5S. The molecule has 182 valence electrons. The van der Waals surface area contributed by atoms with Crippen LogP contribution < -0.4 is 19.2 Å². The minimum atomic E-state index is -4.06.